The van der Waals surface area contributed by atoms with Crippen molar-refractivity contribution in [1.29, 1.82) is 0 Å². The van der Waals surface area contributed by atoms with E-state index in [1.165, 1.54) is 12.7 Å². The van der Waals surface area contributed by atoms with Gasteiger partial charge in [-0.2, -0.15) is 0 Å². The van der Waals surface area contributed by atoms with Crippen molar-refractivity contribution in [3.8, 4) is 0 Å². The molecule has 104 valence electrons. The average molecular weight is 373 g/mol. The molecule has 2 rings (SSSR count). The van der Waals surface area contributed by atoms with Crippen molar-refractivity contribution in [2.24, 2.45) is 5.92 Å². The molecule has 1 aliphatic heterocycles. The monoisotopic (exact) mass is 373 g/mol. The fourth-order valence-corrected chi connectivity index (χ4v) is 3.69. The average Bonchev–Trinajstić information content (AvgIpc) is 2.47. The third-order valence-electron chi connectivity index (χ3n) is 3.73. The third kappa shape index (κ3) is 3.69. The summed E-state index contributed by atoms with van der Waals surface area (Å²) >= 11 is 2.38. The molecule has 4 heteroatoms. The summed E-state index contributed by atoms with van der Waals surface area (Å²) in [7, 11) is 1.49. The number of likely N-dealkylation sites (tertiary alicyclic amines) is 1. The molecule has 1 heterocycles. The Morgan fingerprint density at radius 2 is 2.16 bits per heavy atom. The molecule has 3 nitrogen and oxygen atoms in total. The second kappa shape index (κ2) is 7.24. The van der Waals surface area contributed by atoms with Gasteiger partial charge in [0.15, 0.2) is 0 Å². The highest BCUT2D eigenvalue weighted by atomic mass is 127. The molecule has 1 aromatic carbocycles. The van der Waals surface area contributed by atoms with Crippen molar-refractivity contribution in [2.75, 3.05) is 18.1 Å². The summed E-state index contributed by atoms with van der Waals surface area (Å²) in [6.07, 6.45) is 2.28. The van der Waals surface area contributed by atoms with Crippen LogP contribution in [0.5, 0.6) is 0 Å². The van der Waals surface area contributed by atoms with Crippen LogP contribution in [-0.4, -0.2) is 35.0 Å². The minimum absolute atomic E-state index is 0.0858. The molecule has 0 unspecified atom stereocenters. The molecule has 0 amide bonds. The van der Waals surface area contributed by atoms with Crippen LogP contribution < -0.4 is 0 Å². The summed E-state index contributed by atoms with van der Waals surface area (Å²) in [5.74, 6) is 0.322. The van der Waals surface area contributed by atoms with Crippen LogP contribution in [0, 0.1) is 5.92 Å². The zero-order valence-corrected chi connectivity index (χ0v) is 13.4. The molecule has 0 saturated carbocycles. The molecule has 19 heavy (non-hydrogen) atoms. The molecule has 0 bridgehead atoms. The molecular weight excluding hydrogens is 353 g/mol. The lowest BCUT2D eigenvalue weighted by molar-refractivity contribution is -0.150. The summed E-state index contributed by atoms with van der Waals surface area (Å²) in [6.45, 7) is 1.80. The predicted octanol–water partition coefficient (Wildman–Crippen LogP) is 2.88. The fraction of sp³-hybridized carbons (Fsp3) is 0.533. The van der Waals surface area contributed by atoms with Gasteiger partial charge in [0.05, 0.1) is 7.11 Å². The summed E-state index contributed by atoms with van der Waals surface area (Å²) in [6, 6.07) is 10.2. The zero-order valence-electron chi connectivity index (χ0n) is 11.2. The van der Waals surface area contributed by atoms with Gasteiger partial charge in [-0.3, -0.25) is 9.69 Å². The number of hydrogen-bond acceptors (Lipinski definition) is 3. The summed E-state index contributed by atoms with van der Waals surface area (Å²) < 4.78 is 6.01. The van der Waals surface area contributed by atoms with Crippen molar-refractivity contribution in [3.63, 3.8) is 0 Å². The third-order valence-corrected chi connectivity index (χ3v) is 4.86. The van der Waals surface area contributed by atoms with Gasteiger partial charge in [0.2, 0.25) is 0 Å². The van der Waals surface area contributed by atoms with Gasteiger partial charge < -0.3 is 4.74 Å². The van der Waals surface area contributed by atoms with E-state index in [2.05, 4.69) is 39.6 Å². The lowest BCUT2D eigenvalue weighted by Gasteiger charge is -2.38. The molecule has 1 saturated heterocycles. The lowest BCUT2D eigenvalue weighted by atomic mass is 9.90. The van der Waals surface area contributed by atoms with Crippen molar-refractivity contribution in [3.05, 3.63) is 35.9 Å². The maximum atomic E-state index is 12.1. The smallest absolute Gasteiger partial charge is 0.323 e. The largest absolute Gasteiger partial charge is 0.468 e. The van der Waals surface area contributed by atoms with Crippen LogP contribution in [0.25, 0.3) is 0 Å². The highest BCUT2D eigenvalue weighted by molar-refractivity contribution is 14.1. The van der Waals surface area contributed by atoms with Crippen molar-refractivity contribution >= 4 is 28.6 Å². The quantitative estimate of drug-likeness (QED) is 0.462. The highest BCUT2D eigenvalue weighted by Crippen LogP contribution is 2.27. The molecule has 0 N–H and O–H groups in total. The summed E-state index contributed by atoms with van der Waals surface area (Å²) in [5, 5.41) is 0. The maximum absolute atomic E-state index is 12.1. The first-order valence-corrected chi connectivity index (χ1v) is 8.20. The van der Waals surface area contributed by atoms with E-state index in [-0.39, 0.29) is 12.0 Å². The van der Waals surface area contributed by atoms with Crippen LogP contribution in [-0.2, 0) is 16.1 Å². The Morgan fingerprint density at radius 3 is 2.79 bits per heavy atom. The molecule has 0 aromatic heterocycles. The molecule has 0 radical (unpaired) electrons. The molecule has 1 aromatic rings. The minimum Gasteiger partial charge on any atom is -0.468 e. The van der Waals surface area contributed by atoms with Crippen LogP contribution >= 0.6 is 22.6 Å². The Bertz CT molecular complexity index is 410. The minimum atomic E-state index is -0.0872. The van der Waals surface area contributed by atoms with Crippen molar-refractivity contribution in [2.45, 2.75) is 25.4 Å². The van der Waals surface area contributed by atoms with Gasteiger partial charge >= 0.3 is 5.97 Å². The predicted molar refractivity (Wildman–Crippen MR) is 84.3 cm³/mol. The van der Waals surface area contributed by atoms with Crippen molar-refractivity contribution in [1.82, 2.24) is 4.90 Å². The van der Waals surface area contributed by atoms with Gasteiger partial charge in [-0.15, -0.1) is 0 Å². The topological polar surface area (TPSA) is 29.5 Å². The van der Waals surface area contributed by atoms with Crippen LogP contribution in [0.2, 0.25) is 0 Å². The Balaban J connectivity index is 2.13. The number of ether oxygens (including phenoxy) is 1. The number of hydrogen-bond donors (Lipinski definition) is 0. The number of methoxy groups -OCH3 is 1. The Morgan fingerprint density at radius 1 is 1.42 bits per heavy atom. The van der Waals surface area contributed by atoms with Gasteiger partial charge in [0.1, 0.15) is 6.04 Å². The number of nitrogens with zero attached hydrogens (tertiary/aromatic N) is 1. The number of piperidine rings is 1. The first-order chi connectivity index (χ1) is 9.26. The molecule has 0 spiro atoms. The summed E-state index contributed by atoms with van der Waals surface area (Å²) in [5.41, 5.74) is 1.26. The number of benzene rings is 1. The Labute approximate surface area is 128 Å². The Hall–Kier alpha value is -0.620. The number of halogens is 1. The van der Waals surface area contributed by atoms with E-state index in [9.17, 15) is 4.79 Å². The van der Waals surface area contributed by atoms with Gasteiger partial charge in [0.25, 0.3) is 0 Å². The van der Waals surface area contributed by atoms with E-state index < -0.39 is 0 Å². The van der Waals surface area contributed by atoms with Crippen LogP contribution in [0.1, 0.15) is 18.4 Å². The van der Waals surface area contributed by atoms with Gasteiger partial charge in [0, 0.05) is 11.0 Å². The molecule has 1 aliphatic rings. The van der Waals surface area contributed by atoms with Gasteiger partial charge in [-0.05, 0) is 30.9 Å². The van der Waals surface area contributed by atoms with E-state index >= 15 is 0 Å². The maximum Gasteiger partial charge on any atom is 0.323 e. The van der Waals surface area contributed by atoms with E-state index in [0.717, 1.165) is 30.4 Å². The molecule has 2 atom stereocenters. The highest BCUT2D eigenvalue weighted by Gasteiger charge is 2.36. The number of esters is 1. The fourth-order valence-electron chi connectivity index (χ4n) is 2.77. The van der Waals surface area contributed by atoms with Crippen LogP contribution in [0.4, 0.5) is 0 Å². The summed E-state index contributed by atoms with van der Waals surface area (Å²) in [4.78, 5) is 14.3. The van der Waals surface area contributed by atoms with E-state index in [4.69, 9.17) is 4.74 Å². The Kier molecular flexibility index (Phi) is 5.63. The van der Waals surface area contributed by atoms with Crippen LogP contribution in [0.15, 0.2) is 30.3 Å². The number of carbonyl (C=O) groups is 1. The first kappa shape index (κ1) is 14.8. The van der Waals surface area contributed by atoms with Crippen LogP contribution in [0.3, 0.4) is 0 Å². The molecular formula is C15H20INO2. The lowest BCUT2D eigenvalue weighted by Crippen LogP contribution is -2.50. The van der Waals surface area contributed by atoms with E-state index in [1.807, 2.05) is 18.2 Å². The zero-order chi connectivity index (χ0) is 13.7. The molecule has 1 fully saturated rings. The second-order valence-corrected chi connectivity index (χ2v) is 5.86. The first-order valence-electron chi connectivity index (χ1n) is 6.68. The van der Waals surface area contributed by atoms with Crippen molar-refractivity contribution < 1.29 is 9.53 Å². The second-order valence-electron chi connectivity index (χ2n) is 4.98. The van der Waals surface area contributed by atoms with Gasteiger partial charge in [-0.1, -0.05) is 52.9 Å². The number of rotatable bonds is 4. The van der Waals surface area contributed by atoms with E-state index in [1.54, 1.807) is 0 Å². The molecule has 0 aliphatic carbocycles. The SMILES string of the molecule is COC(=O)[C@@H]1[C@H](CI)CCCN1Cc1ccccc1. The standard InChI is InChI=1S/C15H20INO2/c1-19-15(18)14-13(10-16)8-5-9-17(14)11-12-6-3-2-4-7-12/h2-4,6-7,13-14H,5,8-11H2,1H3/t13-,14-/m0/s1. The number of carbonyl (C=O) groups excluding carboxylic acids is 1. The number of alkyl halides is 1. The van der Waals surface area contributed by atoms with E-state index in [0.29, 0.717) is 5.92 Å². The normalized spacial score (nSPS) is 24.1. The van der Waals surface area contributed by atoms with Gasteiger partial charge in [-0.25, -0.2) is 0 Å².